The summed E-state index contributed by atoms with van der Waals surface area (Å²) in [4.78, 5) is 24.6. The van der Waals surface area contributed by atoms with Crippen LogP contribution in [0.5, 0.6) is 0 Å². The van der Waals surface area contributed by atoms with Crippen LogP contribution < -0.4 is 5.32 Å². The lowest BCUT2D eigenvalue weighted by molar-refractivity contribution is -0.143. The molecule has 0 spiro atoms. The zero-order valence-electron chi connectivity index (χ0n) is 12.6. The van der Waals surface area contributed by atoms with Gasteiger partial charge in [-0.15, -0.1) is 0 Å². The minimum absolute atomic E-state index is 0.0949. The van der Waals surface area contributed by atoms with Crippen molar-refractivity contribution in [2.75, 3.05) is 19.6 Å². The fourth-order valence-corrected chi connectivity index (χ4v) is 2.69. The maximum absolute atomic E-state index is 11.7. The summed E-state index contributed by atoms with van der Waals surface area (Å²) in [6.45, 7) is 4.44. The minimum atomic E-state index is -0.906. The number of hydrogen-bond acceptors (Lipinski definition) is 3. The molecule has 1 unspecified atom stereocenters. The number of carbonyl (C=O) groups excluding carboxylic acids is 1. The Morgan fingerprint density at radius 2 is 1.90 bits per heavy atom. The third-order valence-electron chi connectivity index (χ3n) is 3.86. The highest BCUT2D eigenvalue weighted by atomic mass is 16.4. The highest BCUT2D eigenvalue weighted by Crippen LogP contribution is 2.12. The number of nitrogens with one attached hydrogen (secondary N) is 1. The molecule has 0 saturated carbocycles. The van der Waals surface area contributed by atoms with Crippen LogP contribution in [0, 0.1) is 0 Å². The molecular formula is C15H28N2O3. The van der Waals surface area contributed by atoms with Crippen LogP contribution in [0.25, 0.3) is 0 Å². The van der Waals surface area contributed by atoms with E-state index in [4.69, 9.17) is 5.11 Å². The number of rotatable bonds is 10. The summed E-state index contributed by atoms with van der Waals surface area (Å²) in [7, 11) is 0. The summed E-state index contributed by atoms with van der Waals surface area (Å²) in [5.41, 5.74) is 0. The molecule has 1 saturated heterocycles. The van der Waals surface area contributed by atoms with Gasteiger partial charge in [0.2, 0.25) is 5.91 Å². The van der Waals surface area contributed by atoms with Crippen molar-refractivity contribution in [2.24, 2.45) is 0 Å². The standard InChI is InChI=1S/C15H28N2O3/c1-2-3-4-5-6-7-8-10-17-11-9-16-15(20)13(17)12-14(18)19/h13H,2-12H2,1H3,(H,16,20)(H,18,19). The fraction of sp³-hybridized carbons (Fsp3) is 0.867. The number of piperazine rings is 1. The van der Waals surface area contributed by atoms with Crippen molar-refractivity contribution in [3.05, 3.63) is 0 Å². The van der Waals surface area contributed by atoms with Crippen molar-refractivity contribution < 1.29 is 14.7 Å². The average Bonchev–Trinajstić information content (AvgIpc) is 2.41. The molecule has 1 amide bonds. The van der Waals surface area contributed by atoms with E-state index in [0.717, 1.165) is 19.5 Å². The summed E-state index contributed by atoms with van der Waals surface area (Å²) in [5.74, 6) is -1.04. The van der Waals surface area contributed by atoms with Gasteiger partial charge in [0.1, 0.15) is 0 Å². The molecule has 20 heavy (non-hydrogen) atoms. The van der Waals surface area contributed by atoms with E-state index in [1.54, 1.807) is 0 Å². The van der Waals surface area contributed by atoms with Crippen LogP contribution in [0.1, 0.15) is 58.3 Å². The molecule has 5 heteroatoms. The SMILES string of the molecule is CCCCCCCCCN1CCNC(=O)C1CC(=O)O. The second-order valence-electron chi connectivity index (χ2n) is 5.56. The molecule has 116 valence electrons. The van der Waals surface area contributed by atoms with Crippen molar-refractivity contribution in [1.82, 2.24) is 10.2 Å². The first-order valence-electron chi connectivity index (χ1n) is 7.88. The van der Waals surface area contributed by atoms with Gasteiger partial charge in [-0.1, -0.05) is 45.4 Å². The third kappa shape index (κ3) is 6.37. The molecule has 1 heterocycles. The number of carboxylic acids is 1. The largest absolute Gasteiger partial charge is 0.481 e. The molecular weight excluding hydrogens is 256 g/mol. The average molecular weight is 284 g/mol. The number of carboxylic acid groups (broad SMARTS) is 1. The van der Waals surface area contributed by atoms with Gasteiger partial charge < -0.3 is 10.4 Å². The van der Waals surface area contributed by atoms with Gasteiger partial charge in [0.15, 0.2) is 0 Å². The van der Waals surface area contributed by atoms with E-state index in [2.05, 4.69) is 12.2 Å². The summed E-state index contributed by atoms with van der Waals surface area (Å²) in [6, 6.07) is -0.485. The lowest BCUT2D eigenvalue weighted by Gasteiger charge is -2.34. The van der Waals surface area contributed by atoms with Crippen molar-refractivity contribution in [2.45, 2.75) is 64.3 Å². The Kier molecular flexibility index (Phi) is 8.26. The Balaban J connectivity index is 2.22. The predicted octanol–water partition coefficient (Wildman–Crippen LogP) is 2.01. The number of hydrogen-bond donors (Lipinski definition) is 2. The number of aliphatic carboxylic acids is 1. The highest BCUT2D eigenvalue weighted by molar-refractivity contribution is 5.86. The quantitative estimate of drug-likeness (QED) is 0.602. The first-order valence-corrected chi connectivity index (χ1v) is 7.88. The van der Waals surface area contributed by atoms with Crippen LogP contribution in [0.15, 0.2) is 0 Å². The van der Waals surface area contributed by atoms with Crippen LogP contribution in [0.3, 0.4) is 0 Å². The maximum atomic E-state index is 11.7. The smallest absolute Gasteiger partial charge is 0.305 e. The van der Waals surface area contributed by atoms with E-state index in [0.29, 0.717) is 6.54 Å². The van der Waals surface area contributed by atoms with Gasteiger partial charge in [-0.3, -0.25) is 14.5 Å². The second kappa shape index (κ2) is 9.75. The van der Waals surface area contributed by atoms with E-state index in [9.17, 15) is 9.59 Å². The van der Waals surface area contributed by atoms with Gasteiger partial charge in [-0.25, -0.2) is 0 Å². The fourth-order valence-electron chi connectivity index (χ4n) is 2.69. The molecule has 0 aliphatic carbocycles. The molecule has 1 rings (SSSR count). The Hall–Kier alpha value is -1.10. The minimum Gasteiger partial charge on any atom is -0.481 e. The molecule has 1 atom stereocenters. The van der Waals surface area contributed by atoms with E-state index in [-0.39, 0.29) is 12.3 Å². The van der Waals surface area contributed by atoms with Gasteiger partial charge in [-0.2, -0.15) is 0 Å². The molecule has 0 bridgehead atoms. The molecule has 1 aliphatic heterocycles. The van der Waals surface area contributed by atoms with Gasteiger partial charge in [0.25, 0.3) is 0 Å². The van der Waals surface area contributed by atoms with Gasteiger partial charge in [0, 0.05) is 13.1 Å². The van der Waals surface area contributed by atoms with Gasteiger partial charge in [0.05, 0.1) is 12.5 Å². The normalized spacial score (nSPS) is 19.9. The van der Waals surface area contributed by atoms with E-state index in [1.165, 1.54) is 38.5 Å². The topological polar surface area (TPSA) is 69.6 Å². The first-order chi connectivity index (χ1) is 9.65. The van der Waals surface area contributed by atoms with E-state index >= 15 is 0 Å². The number of unbranched alkanes of at least 4 members (excludes halogenated alkanes) is 6. The number of carbonyl (C=O) groups is 2. The molecule has 0 aromatic carbocycles. The lowest BCUT2D eigenvalue weighted by atomic mass is 10.1. The molecule has 0 aromatic heterocycles. The Labute approximate surface area is 121 Å². The molecule has 5 nitrogen and oxygen atoms in total. The molecule has 2 N–H and O–H groups in total. The Morgan fingerprint density at radius 3 is 2.55 bits per heavy atom. The zero-order chi connectivity index (χ0) is 14.8. The molecule has 0 aromatic rings. The van der Waals surface area contributed by atoms with Crippen molar-refractivity contribution >= 4 is 11.9 Å². The highest BCUT2D eigenvalue weighted by Gasteiger charge is 2.30. The van der Waals surface area contributed by atoms with Crippen molar-refractivity contribution in [3.8, 4) is 0 Å². The van der Waals surface area contributed by atoms with Crippen LogP contribution >= 0.6 is 0 Å². The predicted molar refractivity (Wildman–Crippen MR) is 78.6 cm³/mol. The summed E-state index contributed by atoms with van der Waals surface area (Å²) in [6.07, 6.45) is 8.53. The summed E-state index contributed by atoms with van der Waals surface area (Å²) in [5, 5.41) is 11.6. The zero-order valence-corrected chi connectivity index (χ0v) is 12.6. The van der Waals surface area contributed by atoms with Gasteiger partial charge >= 0.3 is 5.97 Å². The molecule has 0 radical (unpaired) electrons. The number of nitrogens with zero attached hydrogens (tertiary/aromatic N) is 1. The first kappa shape index (κ1) is 17.0. The van der Waals surface area contributed by atoms with E-state index < -0.39 is 12.0 Å². The second-order valence-corrected chi connectivity index (χ2v) is 5.56. The monoisotopic (exact) mass is 284 g/mol. The summed E-state index contributed by atoms with van der Waals surface area (Å²) < 4.78 is 0. The van der Waals surface area contributed by atoms with Gasteiger partial charge in [-0.05, 0) is 13.0 Å². The summed E-state index contributed by atoms with van der Waals surface area (Å²) >= 11 is 0. The molecule has 1 fully saturated rings. The van der Waals surface area contributed by atoms with Crippen molar-refractivity contribution in [3.63, 3.8) is 0 Å². The van der Waals surface area contributed by atoms with Crippen LogP contribution in [-0.4, -0.2) is 47.6 Å². The lowest BCUT2D eigenvalue weighted by Crippen LogP contribution is -2.56. The van der Waals surface area contributed by atoms with Crippen LogP contribution in [0.2, 0.25) is 0 Å². The van der Waals surface area contributed by atoms with Crippen LogP contribution in [0.4, 0.5) is 0 Å². The Morgan fingerprint density at radius 1 is 1.25 bits per heavy atom. The third-order valence-corrected chi connectivity index (χ3v) is 3.86. The number of amides is 1. The van der Waals surface area contributed by atoms with Crippen molar-refractivity contribution in [1.29, 1.82) is 0 Å². The Bertz CT molecular complexity index is 307. The maximum Gasteiger partial charge on any atom is 0.305 e. The van der Waals surface area contributed by atoms with Crippen LogP contribution in [-0.2, 0) is 9.59 Å². The van der Waals surface area contributed by atoms with E-state index in [1.807, 2.05) is 4.90 Å². The molecule has 1 aliphatic rings.